The lowest BCUT2D eigenvalue weighted by Gasteiger charge is -1.99. The fourth-order valence-corrected chi connectivity index (χ4v) is 0.316. The summed E-state index contributed by atoms with van der Waals surface area (Å²) in [6, 6.07) is -0.0570. The van der Waals surface area contributed by atoms with Crippen molar-refractivity contribution in [2.24, 2.45) is 5.11 Å². The maximum Gasteiger partial charge on any atom is 0.118 e. The Labute approximate surface area is 59.5 Å². The maximum atomic E-state index is 10.5. The van der Waals surface area contributed by atoms with Crippen molar-refractivity contribution in [1.29, 1.82) is 0 Å². The van der Waals surface area contributed by atoms with Crippen molar-refractivity contribution in [1.82, 2.24) is 5.59 Å². The Morgan fingerprint density at radius 1 is 1.80 bits per heavy atom. The summed E-state index contributed by atoms with van der Waals surface area (Å²) in [6.07, 6.45) is 1.10. The summed E-state index contributed by atoms with van der Waals surface area (Å²) in [7, 11) is 0. The zero-order valence-electron chi connectivity index (χ0n) is 6.07. The van der Waals surface area contributed by atoms with E-state index in [1.807, 2.05) is 5.59 Å². The monoisotopic (exact) mass is 145 g/mol. The molecule has 0 rings (SSSR count). The van der Waals surface area contributed by atoms with Gasteiger partial charge in [0.25, 0.3) is 0 Å². The summed E-state index contributed by atoms with van der Waals surface area (Å²) in [4.78, 5) is 4.57. The predicted molar refractivity (Wildman–Crippen MR) is 35.6 cm³/mol. The van der Waals surface area contributed by atoms with E-state index in [1.54, 1.807) is 13.8 Å². The van der Waals surface area contributed by atoms with Gasteiger partial charge in [-0.2, -0.15) is 0 Å². The van der Waals surface area contributed by atoms with Gasteiger partial charge in [-0.05, 0) is 13.8 Å². The Bertz CT molecular complexity index is 133. The van der Waals surface area contributed by atoms with Crippen molar-refractivity contribution in [2.75, 3.05) is 0 Å². The number of hydrazine groups is 1. The third kappa shape index (κ3) is 4.89. The zero-order chi connectivity index (χ0) is 7.98. The van der Waals surface area contributed by atoms with E-state index in [0.717, 1.165) is 6.26 Å². The van der Waals surface area contributed by atoms with E-state index in [9.17, 15) is 5.21 Å². The average molecular weight is 145 g/mol. The van der Waals surface area contributed by atoms with Crippen LogP contribution in [0.1, 0.15) is 13.8 Å². The van der Waals surface area contributed by atoms with Gasteiger partial charge in [0.2, 0.25) is 0 Å². The standard InChI is InChI=1S/C5H11N3O2/c1-4-10-7-8(9)6-5(2)3/h4-5H,1H2,2-3H3,(H,6,7). The van der Waals surface area contributed by atoms with Crippen LogP contribution in [0.2, 0.25) is 0 Å². The highest BCUT2D eigenvalue weighted by molar-refractivity contribution is 4.43. The van der Waals surface area contributed by atoms with Crippen LogP contribution < -0.4 is 5.59 Å². The lowest BCUT2D eigenvalue weighted by atomic mass is 10.4. The van der Waals surface area contributed by atoms with Crippen LogP contribution in [0.15, 0.2) is 18.0 Å². The van der Waals surface area contributed by atoms with Crippen LogP contribution in [0.25, 0.3) is 0 Å². The molecule has 0 atom stereocenters. The van der Waals surface area contributed by atoms with Crippen LogP contribution in [0.5, 0.6) is 0 Å². The Morgan fingerprint density at radius 2 is 2.40 bits per heavy atom. The van der Waals surface area contributed by atoms with E-state index < -0.39 is 0 Å². The van der Waals surface area contributed by atoms with Crippen LogP contribution in [0, 0.1) is 5.21 Å². The molecule has 0 unspecified atom stereocenters. The zero-order valence-corrected chi connectivity index (χ0v) is 6.07. The second-order valence-corrected chi connectivity index (χ2v) is 1.86. The minimum Gasteiger partial charge on any atom is -0.569 e. The molecule has 0 amide bonds. The third-order valence-corrected chi connectivity index (χ3v) is 0.550. The van der Waals surface area contributed by atoms with Crippen LogP contribution in [0.4, 0.5) is 0 Å². The molecule has 0 aliphatic heterocycles. The fraction of sp³-hybridized carbons (Fsp3) is 0.600. The van der Waals surface area contributed by atoms with Crippen molar-refractivity contribution in [3.05, 3.63) is 18.0 Å². The van der Waals surface area contributed by atoms with E-state index in [0.29, 0.717) is 0 Å². The summed E-state index contributed by atoms with van der Waals surface area (Å²) in [5, 5.41) is 14.0. The second kappa shape index (κ2) is 4.60. The van der Waals surface area contributed by atoms with Gasteiger partial charge in [-0.25, -0.2) is 0 Å². The minimum atomic E-state index is -0.0570. The minimum absolute atomic E-state index is 0.0570. The molecule has 1 N–H and O–H groups in total. The molecular formula is C5H11N3O2. The van der Waals surface area contributed by atoms with E-state index in [2.05, 4.69) is 16.5 Å². The Morgan fingerprint density at radius 3 is 2.80 bits per heavy atom. The molecule has 0 bridgehead atoms. The summed E-state index contributed by atoms with van der Waals surface area (Å²) in [5.41, 5.74) is 1.96. The van der Waals surface area contributed by atoms with Gasteiger partial charge < -0.3 is 10.0 Å². The third-order valence-electron chi connectivity index (χ3n) is 0.550. The average Bonchev–Trinajstić information content (AvgIpc) is 1.82. The van der Waals surface area contributed by atoms with Gasteiger partial charge >= 0.3 is 0 Å². The molecule has 58 valence electrons. The van der Waals surface area contributed by atoms with Gasteiger partial charge in [0, 0.05) is 10.7 Å². The van der Waals surface area contributed by atoms with Crippen LogP contribution >= 0.6 is 0 Å². The van der Waals surface area contributed by atoms with Gasteiger partial charge in [-0.3, -0.25) is 0 Å². The largest absolute Gasteiger partial charge is 0.569 e. The van der Waals surface area contributed by atoms with E-state index in [4.69, 9.17) is 0 Å². The van der Waals surface area contributed by atoms with Crippen molar-refractivity contribution < 1.29 is 9.81 Å². The van der Waals surface area contributed by atoms with Gasteiger partial charge in [-0.15, -0.1) is 0 Å². The molecule has 0 aromatic heterocycles. The van der Waals surface area contributed by atoms with E-state index >= 15 is 0 Å². The molecular weight excluding hydrogens is 134 g/mol. The van der Waals surface area contributed by atoms with E-state index in [1.165, 1.54) is 0 Å². The Kier molecular flexibility index (Phi) is 4.02. The Hall–Kier alpha value is -1.26. The molecule has 5 nitrogen and oxygen atoms in total. The van der Waals surface area contributed by atoms with Gasteiger partial charge in [0.15, 0.2) is 0 Å². The summed E-state index contributed by atoms with van der Waals surface area (Å²) < 4.78 is 0. The SMILES string of the molecule is C=CON[N+]([O-])=NC(C)C. The van der Waals surface area contributed by atoms with Gasteiger partial charge in [0.05, 0.1) is 4.97 Å². The molecule has 0 aliphatic carbocycles. The van der Waals surface area contributed by atoms with Crippen LogP contribution in [0.3, 0.4) is 0 Å². The van der Waals surface area contributed by atoms with Gasteiger partial charge in [-0.1, -0.05) is 6.58 Å². The molecule has 0 fully saturated rings. The predicted octanol–water partition coefficient (Wildman–Crippen LogP) is 0.937. The first-order valence-electron chi connectivity index (χ1n) is 2.87. The first-order chi connectivity index (χ1) is 4.66. The van der Waals surface area contributed by atoms with Crippen LogP contribution in [-0.4, -0.2) is 11.0 Å². The Balaban J connectivity index is 3.59. The molecule has 0 aliphatic rings. The molecule has 0 aromatic carbocycles. The number of hydrogen-bond donors (Lipinski definition) is 1. The highest BCUT2D eigenvalue weighted by Crippen LogP contribution is 1.84. The summed E-state index contributed by atoms with van der Waals surface area (Å²) >= 11 is 0. The van der Waals surface area contributed by atoms with Crippen molar-refractivity contribution >= 4 is 0 Å². The first kappa shape index (κ1) is 8.74. The number of nitrogens with zero attached hydrogens (tertiary/aromatic N) is 2. The summed E-state index contributed by atoms with van der Waals surface area (Å²) in [5.74, 6) is 0. The van der Waals surface area contributed by atoms with Gasteiger partial charge in [0.1, 0.15) is 12.3 Å². The molecule has 0 heterocycles. The molecule has 0 radical (unpaired) electrons. The topological polar surface area (TPSA) is 59.7 Å². The van der Waals surface area contributed by atoms with Crippen molar-refractivity contribution in [3.8, 4) is 0 Å². The molecule has 0 saturated carbocycles. The molecule has 0 saturated heterocycles. The maximum absolute atomic E-state index is 10.5. The smallest absolute Gasteiger partial charge is 0.118 e. The molecule has 0 aromatic rings. The molecule has 0 spiro atoms. The lowest BCUT2D eigenvalue weighted by Crippen LogP contribution is -2.21. The fourth-order valence-electron chi connectivity index (χ4n) is 0.316. The number of hydrogen-bond acceptors (Lipinski definition) is 3. The second-order valence-electron chi connectivity index (χ2n) is 1.86. The highest BCUT2D eigenvalue weighted by Gasteiger charge is 1.94. The molecule has 10 heavy (non-hydrogen) atoms. The van der Waals surface area contributed by atoms with Crippen LogP contribution in [-0.2, 0) is 4.84 Å². The normalized spacial score (nSPS) is 11.3. The molecule has 5 heteroatoms. The number of nitrogens with one attached hydrogen (secondary N) is 1. The first-order valence-corrected chi connectivity index (χ1v) is 2.87. The highest BCUT2D eigenvalue weighted by atomic mass is 16.7. The van der Waals surface area contributed by atoms with E-state index in [-0.39, 0.29) is 11.0 Å². The quantitative estimate of drug-likeness (QED) is 0.277. The summed E-state index contributed by atoms with van der Waals surface area (Å²) in [6.45, 7) is 6.78. The van der Waals surface area contributed by atoms with Crippen molar-refractivity contribution in [3.63, 3.8) is 0 Å². The lowest BCUT2D eigenvalue weighted by molar-refractivity contribution is -0.641. The van der Waals surface area contributed by atoms with Crippen molar-refractivity contribution in [2.45, 2.75) is 19.9 Å². The number of rotatable bonds is 4.